The van der Waals surface area contributed by atoms with Gasteiger partial charge in [-0.1, -0.05) is 24.3 Å². The van der Waals surface area contributed by atoms with E-state index in [0.29, 0.717) is 22.4 Å². The first-order valence-corrected chi connectivity index (χ1v) is 7.36. The number of carbonyl (C=O) groups excluding carboxylic acids is 1. The van der Waals surface area contributed by atoms with Gasteiger partial charge in [0.05, 0.1) is 5.69 Å². The number of rotatable bonds is 4. The van der Waals surface area contributed by atoms with Crippen LogP contribution in [0.15, 0.2) is 77.8 Å². The minimum absolute atomic E-state index is 0.139. The third-order valence-corrected chi connectivity index (χ3v) is 3.50. The SMILES string of the molecule is O=C(c1ccc(F)cc1)c1cccc(N=Cc2ccccc2O)c1. The molecule has 0 radical (unpaired) electrons. The van der Waals surface area contributed by atoms with E-state index in [-0.39, 0.29) is 17.3 Å². The Morgan fingerprint density at radius 1 is 0.917 bits per heavy atom. The van der Waals surface area contributed by atoms with Crippen LogP contribution in [0.3, 0.4) is 0 Å². The van der Waals surface area contributed by atoms with E-state index in [1.165, 1.54) is 30.5 Å². The van der Waals surface area contributed by atoms with Gasteiger partial charge in [0.1, 0.15) is 11.6 Å². The van der Waals surface area contributed by atoms with Gasteiger partial charge in [-0.05, 0) is 48.5 Å². The van der Waals surface area contributed by atoms with E-state index in [1.807, 2.05) is 0 Å². The van der Waals surface area contributed by atoms with E-state index in [1.54, 1.807) is 48.5 Å². The zero-order chi connectivity index (χ0) is 16.9. The van der Waals surface area contributed by atoms with Crippen molar-refractivity contribution in [1.29, 1.82) is 0 Å². The summed E-state index contributed by atoms with van der Waals surface area (Å²) in [7, 11) is 0. The Balaban J connectivity index is 1.85. The summed E-state index contributed by atoms with van der Waals surface area (Å²) in [6.07, 6.45) is 1.54. The maximum atomic E-state index is 13.0. The summed E-state index contributed by atoms with van der Waals surface area (Å²) < 4.78 is 13.0. The molecule has 0 saturated heterocycles. The van der Waals surface area contributed by atoms with Crippen molar-refractivity contribution in [3.63, 3.8) is 0 Å². The van der Waals surface area contributed by atoms with Crippen LogP contribution >= 0.6 is 0 Å². The standard InChI is InChI=1S/C20H14FNO2/c21-17-10-8-14(9-11-17)20(24)15-5-3-6-18(12-15)22-13-16-4-1-2-7-19(16)23/h1-13,23H. The van der Waals surface area contributed by atoms with Crippen LogP contribution in [0, 0.1) is 5.82 Å². The molecule has 0 saturated carbocycles. The van der Waals surface area contributed by atoms with Gasteiger partial charge >= 0.3 is 0 Å². The van der Waals surface area contributed by atoms with Crippen LogP contribution in [0.2, 0.25) is 0 Å². The van der Waals surface area contributed by atoms with Crippen molar-refractivity contribution >= 4 is 17.7 Å². The second kappa shape index (κ2) is 6.87. The predicted molar refractivity (Wildman–Crippen MR) is 91.6 cm³/mol. The summed E-state index contributed by atoms with van der Waals surface area (Å²) in [5.74, 6) is -0.443. The lowest BCUT2D eigenvalue weighted by atomic mass is 10.0. The van der Waals surface area contributed by atoms with E-state index in [0.717, 1.165) is 0 Å². The number of phenols is 1. The number of benzene rings is 3. The number of phenolic OH excluding ortho intramolecular Hbond substituents is 1. The number of hydrogen-bond donors (Lipinski definition) is 1. The normalized spacial score (nSPS) is 10.9. The Kier molecular flexibility index (Phi) is 4.47. The van der Waals surface area contributed by atoms with Crippen LogP contribution in [0.4, 0.5) is 10.1 Å². The number of ketones is 1. The molecule has 24 heavy (non-hydrogen) atoms. The van der Waals surface area contributed by atoms with Crippen molar-refractivity contribution in [2.24, 2.45) is 4.99 Å². The molecule has 3 rings (SSSR count). The molecular weight excluding hydrogens is 305 g/mol. The van der Waals surface area contributed by atoms with E-state index in [4.69, 9.17) is 0 Å². The largest absolute Gasteiger partial charge is 0.507 e. The summed E-state index contributed by atoms with van der Waals surface area (Å²) in [6, 6.07) is 19.1. The number of para-hydroxylation sites is 1. The molecule has 0 aliphatic carbocycles. The molecule has 0 aliphatic rings. The first-order valence-electron chi connectivity index (χ1n) is 7.36. The molecule has 3 aromatic rings. The number of hydrogen-bond acceptors (Lipinski definition) is 3. The summed E-state index contributed by atoms with van der Waals surface area (Å²) in [5, 5.41) is 9.73. The van der Waals surface area contributed by atoms with E-state index in [9.17, 15) is 14.3 Å². The highest BCUT2D eigenvalue weighted by Gasteiger charge is 2.09. The molecule has 0 fully saturated rings. The first-order chi connectivity index (χ1) is 11.6. The number of nitrogens with zero attached hydrogens (tertiary/aromatic N) is 1. The third-order valence-electron chi connectivity index (χ3n) is 3.50. The van der Waals surface area contributed by atoms with Crippen molar-refractivity contribution in [3.05, 3.63) is 95.3 Å². The Hall–Kier alpha value is -3.27. The lowest BCUT2D eigenvalue weighted by molar-refractivity contribution is 0.103. The molecule has 0 spiro atoms. The van der Waals surface area contributed by atoms with Crippen LogP contribution in [0.1, 0.15) is 21.5 Å². The molecule has 3 nitrogen and oxygen atoms in total. The molecule has 0 amide bonds. The Morgan fingerprint density at radius 2 is 1.67 bits per heavy atom. The van der Waals surface area contributed by atoms with E-state index >= 15 is 0 Å². The number of aliphatic imine (C=N–C) groups is 1. The third kappa shape index (κ3) is 3.55. The highest BCUT2D eigenvalue weighted by atomic mass is 19.1. The Labute approximate surface area is 138 Å². The smallest absolute Gasteiger partial charge is 0.193 e. The average Bonchev–Trinajstić information content (AvgIpc) is 2.61. The molecule has 0 unspecified atom stereocenters. The molecule has 0 aliphatic heterocycles. The van der Waals surface area contributed by atoms with Crippen molar-refractivity contribution < 1.29 is 14.3 Å². The fourth-order valence-corrected chi connectivity index (χ4v) is 2.24. The zero-order valence-corrected chi connectivity index (χ0v) is 12.7. The molecule has 3 aromatic carbocycles. The highest BCUT2D eigenvalue weighted by Crippen LogP contribution is 2.19. The van der Waals surface area contributed by atoms with Crippen molar-refractivity contribution in [3.8, 4) is 5.75 Å². The van der Waals surface area contributed by atoms with Gasteiger partial charge in [0.2, 0.25) is 0 Å². The fourth-order valence-electron chi connectivity index (χ4n) is 2.24. The average molecular weight is 319 g/mol. The maximum Gasteiger partial charge on any atom is 0.193 e. The Morgan fingerprint density at radius 3 is 2.42 bits per heavy atom. The topological polar surface area (TPSA) is 49.7 Å². The zero-order valence-electron chi connectivity index (χ0n) is 12.7. The molecule has 0 heterocycles. The lowest BCUT2D eigenvalue weighted by Gasteiger charge is -2.03. The van der Waals surface area contributed by atoms with Gasteiger partial charge in [-0.2, -0.15) is 0 Å². The van der Waals surface area contributed by atoms with Gasteiger partial charge in [-0.15, -0.1) is 0 Å². The van der Waals surface area contributed by atoms with Crippen LogP contribution in [0.25, 0.3) is 0 Å². The van der Waals surface area contributed by atoms with Crippen molar-refractivity contribution in [1.82, 2.24) is 0 Å². The van der Waals surface area contributed by atoms with Crippen LogP contribution in [0.5, 0.6) is 5.75 Å². The predicted octanol–water partition coefficient (Wildman–Crippen LogP) is 4.51. The van der Waals surface area contributed by atoms with Crippen molar-refractivity contribution in [2.45, 2.75) is 0 Å². The highest BCUT2D eigenvalue weighted by molar-refractivity contribution is 6.09. The second-order valence-corrected chi connectivity index (χ2v) is 5.20. The van der Waals surface area contributed by atoms with Gasteiger partial charge < -0.3 is 5.11 Å². The molecule has 1 N–H and O–H groups in total. The molecule has 118 valence electrons. The van der Waals surface area contributed by atoms with Crippen molar-refractivity contribution in [2.75, 3.05) is 0 Å². The molecule has 4 heteroatoms. The second-order valence-electron chi connectivity index (χ2n) is 5.20. The van der Waals surface area contributed by atoms with E-state index in [2.05, 4.69) is 4.99 Å². The summed E-state index contributed by atoms with van der Waals surface area (Å²) in [5.41, 5.74) is 2.06. The van der Waals surface area contributed by atoms with Gasteiger partial charge in [0.15, 0.2) is 5.78 Å². The molecule has 0 atom stereocenters. The van der Waals surface area contributed by atoms with Gasteiger partial charge in [-0.3, -0.25) is 9.79 Å². The molecule has 0 bridgehead atoms. The molecule has 0 aromatic heterocycles. The summed E-state index contributed by atoms with van der Waals surface area (Å²) >= 11 is 0. The fraction of sp³-hybridized carbons (Fsp3) is 0. The van der Waals surface area contributed by atoms with Gasteiger partial charge in [0.25, 0.3) is 0 Å². The van der Waals surface area contributed by atoms with Gasteiger partial charge in [-0.25, -0.2) is 4.39 Å². The first kappa shape index (κ1) is 15.6. The van der Waals surface area contributed by atoms with Crippen LogP contribution in [-0.4, -0.2) is 17.1 Å². The number of halogens is 1. The lowest BCUT2D eigenvalue weighted by Crippen LogP contribution is -2.00. The quantitative estimate of drug-likeness (QED) is 0.568. The maximum absolute atomic E-state index is 13.0. The summed E-state index contributed by atoms with van der Waals surface area (Å²) in [4.78, 5) is 16.7. The Bertz CT molecular complexity index is 902. The minimum Gasteiger partial charge on any atom is -0.507 e. The minimum atomic E-state index is -0.382. The van der Waals surface area contributed by atoms with Crippen LogP contribution < -0.4 is 0 Å². The summed E-state index contributed by atoms with van der Waals surface area (Å²) in [6.45, 7) is 0. The molecular formula is C20H14FNO2. The monoisotopic (exact) mass is 319 g/mol. The van der Waals surface area contributed by atoms with Gasteiger partial charge in [0, 0.05) is 22.9 Å². The number of carbonyl (C=O) groups is 1. The van der Waals surface area contributed by atoms with Crippen LogP contribution in [-0.2, 0) is 0 Å². The number of aromatic hydroxyl groups is 1. The van der Waals surface area contributed by atoms with E-state index < -0.39 is 0 Å².